The molecule has 0 aliphatic carbocycles. The lowest BCUT2D eigenvalue weighted by molar-refractivity contribution is -0.152. The summed E-state index contributed by atoms with van der Waals surface area (Å²) in [7, 11) is 0. The monoisotopic (exact) mass is 310 g/mol. The minimum Gasteiger partial charge on any atom is -0.462 e. The Balaban J connectivity index is 2.13. The summed E-state index contributed by atoms with van der Waals surface area (Å²) in [6.45, 7) is 1.85. The molecular formula is C16H14N4O3. The lowest BCUT2D eigenvalue weighted by atomic mass is 10.1. The molecule has 1 aliphatic rings. The molecule has 0 saturated carbocycles. The van der Waals surface area contributed by atoms with Crippen LogP contribution in [0.2, 0.25) is 0 Å². The standard InChI is InChI=1S/C16H14N4O3/c1-2-23-15(22)16(12-8-4-6-10-18-12)19-13(14(21)20-16)11-7-3-5-9-17-11/h3-10H,2H2,1H3,(H,20,21). The smallest absolute Gasteiger partial charge is 0.361 e. The molecule has 1 unspecified atom stereocenters. The number of carbonyl (C=O) groups is 2. The molecule has 116 valence electrons. The maximum absolute atomic E-state index is 12.5. The van der Waals surface area contributed by atoms with E-state index in [9.17, 15) is 9.59 Å². The quantitative estimate of drug-likeness (QED) is 0.844. The summed E-state index contributed by atoms with van der Waals surface area (Å²) in [5.74, 6) is -1.18. The van der Waals surface area contributed by atoms with Gasteiger partial charge in [0.25, 0.3) is 11.6 Å². The molecule has 0 spiro atoms. The number of hydrogen-bond acceptors (Lipinski definition) is 6. The molecule has 7 heteroatoms. The normalized spacial score (nSPS) is 19.9. The van der Waals surface area contributed by atoms with Gasteiger partial charge in [-0.3, -0.25) is 14.8 Å². The van der Waals surface area contributed by atoms with Gasteiger partial charge in [-0.2, -0.15) is 0 Å². The number of nitrogens with zero attached hydrogens (tertiary/aromatic N) is 3. The fourth-order valence-electron chi connectivity index (χ4n) is 2.28. The molecule has 1 atom stereocenters. The first kappa shape index (κ1) is 14.8. The third kappa shape index (κ3) is 2.57. The molecule has 1 amide bonds. The summed E-state index contributed by atoms with van der Waals surface area (Å²) in [4.78, 5) is 37.4. The SMILES string of the molecule is CCOC(=O)C1(c2ccccn2)N=C(c2ccccn2)C(=O)N1. The summed E-state index contributed by atoms with van der Waals surface area (Å²) in [5, 5.41) is 2.60. The average molecular weight is 310 g/mol. The summed E-state index contributed by atoms with van der Waals surface area (Å²) in [6, 6.07) is 10.2. The minimum atomic E-state index is -1.68. The van der Waals surface area contributed by atoms with Crippen molar-refractivity contribution in [2.45, 2.75) is 12.6 Å². The molecule has 0 fully saturated rings. The van der Waals surface area contributed by atoms with Gasteiger partial charge in [-0.25, -0.2) is 9.79 Å². The van der Waals surface area contributed by atoms with E-state index in [0.29, 0.717) is 5.69 Å². The van der Waals surface area contributed by atoms with Gasteiger partial charge < -0.3 is 10.1 Å². The lowest BCUT2D eigenvalue weighted by Crippen LogP contribution is -2.48. The number of aromatic nitrogens is 2. The van der Waals surface area contributed by atoms with Crippen LogP contribution in [-0.2, 0) is 20.0 Å². The van der Waals surface area contributed by atoms with Crippen LogP contribution >= 0.6 is 0 Å². The maximum Gasteiger partial charge on any atom is 0.361 e. The molecule has 2 aromatic rings. The van der Waals surface area contributed by atoms with Gasteiger partial charge in [0, 0.05) is 12.4 Å². The van der Waals surface area contributed by atoms with Gasteiger partial charge in [-0.1, -0.05) is 12.1 Å². The van der Waals surface area contributed by atoms with Crippen molar-refractivity contribution in [3.63, 3.8) is 0 Å². The molecular weight excluding hydrogens is 296 g/mol. The van der Waals surface area contributed by atoms with Crippen molar-refractivity contribution in [1.82, 2.24) is 15.3 Å². The van der Waals surface area contributed by atoms with Crippen molar-refractivity contribution in [3.05, 3.63) is 60.2 Å². The number of amides is 1. The average Bonchev–Trinajstić information content (AvgIpc) is 2.95. The second-order valence-electron chi connectivity index (χ2n) is 4.78. The number of carbonyl (C=O) groups excluding carboxylic acids is 2. The molecule has 3 rings (SSSR count). The first-order valence-electron chi connectivity index (χ1n) is 7.10. The van der Waals surface area contributed by atoms with Crippen molar-refractivity contribution in [2.75, 3.05) is 6.61 Å². The van der Waals surface area contributed by atoms with Gasteiger partial charge in [0.1, 0.15) is 0 Å². The summed E-state index contributed by atoms with van der Waals surface area (Å²) >= 11 is 0. The number of aliphatic imine (C=N–C) groups is 1. The highest BCUT2D eigenvalue weighted by molar-refractivity contribution is 6.47. The number of rotatable bonds is 4. The predicted octanol–water partition coefficient (Wildman–Crippen LogP) is 0.812. The van der Waals surface area contributed by atoms with E-state index in [1.807, 2.05) is 0 Å². The number of esters is 1. The second kappa shape index (κ2) is 5.96. The van der Waals surface area contributed by atoms with E-state index in [0.717, 1.165) is 0 Å². The van der Waals surface area contributed by atoms with Crippen LogP contribution in [0.4, 0.5) is 0 Å². The fourth-order valence-corrected chi connectivity index (χ4v) is 2.28. The first-order chi connectivity index (χ1) is 11.2. The van der Waals surface area contributed by atoms with Crippen LogP contribution < -0.4 is 5.32 Å². The Morgan fingerprint density at radius 2 is 1.91 bits per heavy atom. The third-order valence-electron chi connectivity index (χ3n) is 3.30. The van der Waals surface area contributed by atoms with Crippen LogP contribution in [0.25, 0.3) is 0 Å². The van der Waals surface area contributed by atoms with Gasteiger partial charge in [0.2, 0.25) is 0 Å². The van der Waals surface area contributed by atoms with Crippen LogP contribution in [0, 0.1) is 0 Å². The Morgan fingerprint density at radius 3 is 2.52 bits per heavy atom. The second-order valence-corrected chi connectivity index (χ2v) is 4.78. The number of pyridine rings is 2. The van der Waals surface area contributed by atoms with Crippen LogP contribution in [-0.4, -0.2) is 34.2 Å². The third-order valence-corrected chi connectivity index (χ3v) is 3.30. The van der Waals surface area contributed by atoms with Gasteiger partial charge in [-0.15, -0.1) is 0 Å². The predicted molar refractivity (Wildman–Crippen MR) is 81.5 cm³/mol. The molecule has 2 aromatic heterocycles. The Labute approximate surface area is 132 Å². The van der Waals surface area contributed by atoms with Crippen LogP contribution in [0.5, 0.6) is 0 Å². The zero-order valence-corrected chi connectivity index (χ0v) is 12.4. The maximum atomic E-state index is 12.5. The van der Waals surface area contributed by atoms with Crippen LogP contribution in [0.3, 0.4) is 0 Å². The number of nitrogens with one attached hydrogen (secondary N) is 1. The van der Waals surface area contributed by atoms with E-state index in [-0.39, 0.29) is 18.0 Å². The largest absolute Gasteiger partial charge is 0.462 e. The van der Waals surface area contributed by atoms with Crippen molar-refractivity contribution in [1.29, 1.82) is 0 Å². The molecule has 0 radical (unpaired) electrons. The van der Waals surface area contributed by atoms with Crippen molar-refractivity contribution in [2.24, 2.45) is 4.99 Å². The molecule has 3 heterocycles. The van der Waals surface area contributed by atoms with Gasteiger partial charge in [0.05, 0.1) is 18.0 Å². The highest BCUT2D eigenvalue weighted by atomic mass is 16.5. The molecule has 23 heavy (non-hydrogen) atoms. The molecule has 0 saturated heterocycles. The highest BCUT2D eigenvalue weighted by Gasteiger charge is 2.50. The zero-order valence-electron chi connectivity index (χ0n) is 12.4. The van der Waals surface area contributed by atoms with E-state index in [2.05, 4.69) is 20.3 Å². The Bertz CT molecular complexity index is 761. The Morgan fingerprint density at radius 1 is 1.17 bits per heavy atom. The van der Waals surface area contributed by atoms with E-state index < -0.39 is 17.5 Å². The molecule has 1 aliphatic heterocycles. The first-order valence-corrected chi connectivity index (χ1v) is 7.10. The number of hydrogen-bond donors (Lipinski definition) is 1. The number of ether oxygens (including phenoxy) is 1. The molecule has 7 nitrogen and oxygen atoms in total. The molecule has 0 bridgehead atoms. The van der Waals surface area contributed by atoms with Crippen molar-refractivity contribution < 1.29 is 14.3 Å². The topological polar surface area (TPSA) is 93.5 Å². The van der Waals surface area contributed by atoms with E-state index >= 15 is 0 Å². The van der Waals surface area contributed by atoms with Gasteiger partial charge in [0.15, 0.2) is 5.71 Å². The highest BCUT2D eigenvalue weighted by Crippen LogP contribution is 2.28. The Hall–Kier alpha value is -3.09. The van der Waals surface area contributed by atoms with Crippen LogP contribution in [0.15, 0.2) is 53.8 Å². The Kier molecular flexibility index (Phi) is 3.84. The van der Waals surface area contributed by atoms with Gasteiger partial charge >= 0.3 is 5.97 Å². The lowest BCUT2D eigenvalue weighted by Gasteiger charge is -2.22. The van der Waals surface area contributed by atoms with E-state index in [4.69, 9.17) is 4.74 Å². The molecule has 0 aromatic carbocycles. The summed E-state index contributed by atoms with van der Waals surface area (Å²) in [6.07, 6.45) is 3.08. The minimum absolute atomic E-state index is 0.0734. The summed E-state index contributed by atoms with van der Waals surface area (Å²) in [5.41, 5.74) is -0.935. The molecule has 1 N–H and O–H groups in total. The fraction of sp³-hybridized carbons (Fsp3) is 0.188. The zero-order chi connectivity index (χ0) is 16.3. The summed E-state index contributed by atoms with van der Waals surface area (Å²) < 4.78 is 5.09. The van der Waals surface area contributed by atoms with Crippen molar-refractivity contribution in [3.8, 4) is 0 Å². The van der Waals surface area contributed by atoms with Crippen molar-refractivity contribution >= 4 is 17.6 Å². The van der Waals surface area contributed by atoms with E-state index in [1.54, 1.807) is 49.5 Å². The van der Waals surface area contributed by atoms with Gasteiger partial charge in [-0.05, 0) is 31.2 Å². The van der Waals surface area contributed by atoms with E-state index in [1.165, 1.54) is 6.20 Å². The van der Waals surface area contributed by atoms with Crippen LogP contribution in [0.1, 0.15) is 18.3 Å².